The summed E-state index contributed by atoms with van der Waals surface area (Å²) < 4.78 is 1.20. The Kier molecular flexibility index (Phi) is 3.96. The molecular formula is C13H20BrN. The molecule has 1 atom stereocenters. The van der Waals surface area contributed by atoms with Crippen LogP contribution in [-0.2, 0) is 5.41 Å². The molecule has 1 rings (SSSR count). The zero-order valence-electron chi connectivity index (χ0n) is 10.2. The maximum absolute atomic E-state index is 3.63. The summed E-state index contributed by atoms with van der Waals surface area (Å²) in [7, 11) is 4.26. The smallest absolute Gasteiger partial charge is 0.0213 e. The molecule has 1 unspecified atom stereocenters. The lowest BCUT2D eigenvalue weighted by atomic mass is 9.78. The summed E-state index contributed by atoms with van der Waals surface area (Å²) in [6, 6.07) is 8.97. The molecule has 1 nitrogen and oxygen atoms in total. The molecule has 0 amide bonds. The van der Waals surface area contributed by atoms with Crippen LogP contribution in [0.1, 0.15) is 26.3 Å². The minimum absolute atomic E-state index is 0.142. The summed E-state index contributed by atoms with van der Waals surface area (Å²) in [5.41, 5.74) is 1.51. The van der Waals surface area contributed by atoms with E-state index >= 15 is 0 Å². The Morgan fingerprint density at radius 2 is 1.73 bits per heavy atom. The molecule has 84 valence electrons. The SMILES string of the molecule is CC(N(C)C)C(C)(C)c1ccccc1Br. The number of nitrogens with zero attached hydrogens (tertiary/aromatic N) is 1. The second-order valence-corrected chi connectivity index (χ2v) is 5.70. The van der Waals surface area contributed by atoms with Gasteiger partial charge in [0.1, 0.15) is 0 Å². The highest BCUT2D eigenvalue weighted by atomic mass is 79.9. The van der Waals surface area contributed by atoms with Gasteiger partial charge in [0.05, 0.1) is 0 Å². The van der Waals surface area contributed by atoms with Crippen LogP contribution in [0.5, 0.6) is 0 Å². The van der Waals surface area contributed by atoms with Crippen LogP contribution < -0.4 is 0 Å². The second-order valence-electron chi connectivity index (χ2n) is 4.84. The summed E-state index contributed by atoms with van der Waals surface area (Å²) >= 11 is 3.63. The fourth-order valence-corrected chi connectivity index (χ4v) is 2.65. The standard InChI is InChI=1S/C13H20BrN/c1-10(15(4)5)13(2,3)11-8-6-7-9-12(11)14/h6-10H,1-5H3. The lowest BCUT2D eigenvalue weighted by Crippen LogP contribution is -2.41. The van der Waals surface area contributed by atoms with Crippen molar-refractivity contribution in [3.05, 3.63) is 34.3 Å². The van der Waals surface area contributed by atoms with Gasteiger partial charge < -0.3 is 4.90 Å². The molecule has 0 spiro atoms. The lowest BCUT2D eigenvalue weighted by molar-refractivity contribution is 0.216. The van der Waals surface area contributed by atoms with Gasteiger partial charge in [-0.05, 0) is 32.6 Å². The molecule has 0 radical (unpaired) electrons. The normalized spacial score (nSPS) is 14.3. The largest absolute Gasteiger partial charge is 0.306 e. The fourth-order valence-electron chi connectivity index (χ4n) is 1.85. The number of benzene rings is 1. The summed E-state index contributed by atoms with van der Waals surface area (Å²) in [4.78, 5) is 2.26. The first-order valence-corrected chi connectivity index (χ1v) is 6.08. The molecule has 0 aromatic heterocycles. The highest BCUT2D eigenvalue weighted by molar-refractivity contribution is 9.10. The predicted octanol–water partition coefficient (Wildman–Crippen LogP) is 3.68. The van der Waals surface area contributed by atoms with Gasteiger partial charge in [-0.2, -0.15) is 0 Å². The van der Waals surface area contributed by atoms with Crippen LogP contribution in [0.15, 0.2) is 28.7 Å². The maximum atomic E-state index is 3.63. The van der Waals surface area contributed by atoms with Crippen molar-refractivity contribution in [3.8, 4) is 0 Å². The average molecular weight is 270 g/mol. The van der Waals surface area contributed by atoms with Crippen molar-refractivity contribution >= 4 is 15.9 Å². The Labute approximate surface area is 102 Å². The van der Waals surface area contributed by atoms with Gasteiger partial charge >= 0.3 is 0 Å². The van der Waals surface area contributed by atoms with Crippen molar-refractivity contribution in [1.82, 2.24) is 4.90 Å². The molecule has 0 aliphatic rings. The first kappa shape index (κ1) is 12.7. The maximum Gasteiger partial charge on any atom is 0.0213 e. The van der Waals surface area contributed by atoms with E-state index in [0.717, 1.165) is 0 Å². The zero-order valence-corrected chi connectivity index (χ0v) is 11.8. The molecule has 0 saturated heterocycles. The topological polar surface area (TPSA) is 3.24 Å². The first-order chi connectivity index (χ1) is 6.87. The van der Waals surface area contributed by atoms with Crippen LogP contribution in [0.4, 0.5) is 0 Å². The van der Waals surface area contributed by atoms with Gasteiger partial charge in [-0.15, -0.1) is 0 Å². The van der Waals surface area contributed by atoms with Crippen LogP contribution in [0.2, 0.25) is 0 Å². The van der Waals surface area contributed by atoms with E-state index in [9.17, 15) is 0 Å². The number of hydrogen-bond donors (Lipinski definition) is 0. The molecule has 0 N–H and O–H groups in total. The van der Waals surface area contributed by atoms with Crippen LogP contribution >= 0.6 is 15.9 Å². The Hall–Kier alpha value is -0.340. The van der Waals surface area contributed by atoms with E-state index in [1.807, 2.05) is 0 Å². The molecule has 0 aliphatic carbocycles. The monoisotopic (exact) mass is 269 g/mol. The average Bonchev–Trinajstić information content (AvgIpc) is 2.16. The highest BCUT2D eigenvalue weighted by Crippen LogP contribution is 2.34. The lowest BCUT2D eigenvalue weighted by Gasteiger charge is -2.37. The van der Waals surface area contributed by atoms with E-state index in [4.69, 9.17) is 0 Å². The summed E-state index contributed by atoms with van der Waals surface area (Å²) in [6.45, 7) is 6.84. The van der Waals surface area contributed by atoms with Gasteiger partial charge in [-0.1, -0.05) is 48.0 Å². The number of likely N-dealkylation sites (N-methyl/N-ethyl adjacent to an activating group) is 1. The van der Waals surface area contributed by atoms with Crippen LogP contribution in [0.3, 0.4) is 0 Å². The van der Waals surface area contributed by atoms with Crippen LogP contribution in [0.25, 0.3) is 0 Å². The van der Waals surface area contributed by atoms with Crippen molar-refractivity contribution in [1.29, 1.82) is 0 Å². The van der Waals surface area contributed by atoms with E-state index < -0.39 is 0 Å². The first-order valence-electron chi connectivity index (χ1n) is 5.28. The molecule has 0 bridgehead atoms. The van der Waals surface area contributed by atoms with E-state index in [1.54, 1.807) is 0 Å². The Morgan fingerprint density at radius 3 is 2.20 bits per heavy atom. The molecule has 0 heterocycles. The van der Waals surface area contributed by atoms with Gasteiger partial charge in [0.25, 0.3) is 0 Å². The van der Waals surface area contributed by atoms with Gasteiger partial charge in [0.15, 0.2) is 0 Å². The number of hydrogen-bond acceptors (Lipinski definition) is 1. The van der Waals surface area contributed by atoms with Crippen LogP contribution in [0, 0.1) is 0 Å². The molecule has 0 saturated carbocycles. The third-order valence-corrected chi connectivity index (χ3v) is 4.08. The molecule has 1 aromatic rings. The van der Waals surface area contributed by atoms with Gasteiger partial charge in [0, 0.05) is 15.9 Å². The summed E-state index contributed by atoms with van der Waals surface area (Å²) in [5.74, 6) is 0. The van der Waals surface area contributed by atoms with Gasteiger partial charge in [-0.3, -0.25) is 0 Å². The van der Waals surface area contributed by atoms with Crippen molar-refractivity contribution in [2.75, 3.05) is 14.1 Å². The number of rotatable bonds is 3. The number of halogens is 1. The van der Waals surface area contributed by atoms with Crippen molar-refractivity contribution < 1.29 is 0 Å². The summed E-state index contributed by atoms with van der Waals surface area (Å²) in [6.07, 6.45) is 0. The Balaban J connectivity index is 3.11. The Morgan fingerprint density at radius 1 is 1.20 bits per heavy atom. The van der Waals surface area contributed by atoms with Crippen molar-refractivity contribution in [2.24, 2.45) is 0 Å². The second kappa shape index (κ2) is 4.67. The minimum atomic E-state index is 0.142. The molecule has 0 aliphatic heterocycles. The highest BCUT2D eigenvalue weighted by Gasteiger charge is 2.30. The van der Waals surface area contributed by atoms with Gasteiger partial charge in [0.2, 0.25) is 0 Å². The molecule has 0 fully saturated rings. The third-order valence-electron chi connectivity index (χ3n) is 3.39. The zero-order chi connectivity index (χ0) is 11.6. The molecule has 15 heavy (non-hydrogen) atoms. The predicted molar refractivity (Wildman–Crippen MR) is 70.3 cm³/mol. The summed E-state index contributed by atoms with van der Waals surface area (Å²) in [5, 5.41) is 0. The fraction of sp³-hybridized carbons (Fsp3) is 0.538. The molecule has 1 aromatic carbocycles. The third kappa shape index (κ3) is 2.61. The van der Waals surface area contributed by atoms with E-state index in [2.05, 4.69) is 80.0 Å². The van der Waals surface area contributed by atoms with Crippen molar-refractivity contribution in [2.45, 2.75) is 32.2 Å². The van der Waals surface area contributed by atoms with Crippen molar-refractivity contribution in [3.63, 3.8) is 0 Å². The van der Waals surface area contributed by atoms with E-state index in [0.29, 0.717) is 6.04 Å². The van der Waals surface area contributed by atoms with Gasteiger partial charge in [-0.25, -0.2) is 0 Å². The quantitative estimate of drug-likeness (QED) is 0.810. The van der Waals surface area contributed by atoms with E-state index in [-0.39, 0.29) is 5.41 Å². The molecule has 2 heteroatoms. The molecular weight excluding hydrogens is 250 g/mol. The van der Waals surface area contributed by atoms with E-state index in [1.165, 1.54) is 10.0 Å². The Bertz CT molecular complexity index is 331. The van der Waals surface area contributed by atoms with Crippen LogP contribution in [-0.4, -0.2) is 25.0 Å². The minimum Gasteiger partial charge on any atom is -0.306 e.